The van der Waals surface area contributed by atoms with Gasteiger partial charge >= 0.3 is 11.9 Å². The predicted molar refractivity (Wildman–Crippen MR) is 86.7 cm³/mol. The van der Waals surface area contributed by atoms with Crippen molar-refractivity contribution in [3.63, 3.8) is 0 Å². The van der Waals surface area contributed by atoms with Crippen molar-refractivity contribution in [3.8, 4) is 0 Å². The van der Waals surface area contributed by atoms with Crippen LogP contribution in [0.25, 0.3) is 0 Å². The minimum atomic E-state index is -0.419. The number of rotatable bonds is 7. The zero-order chi connectivity index (χ0) is 16.5. The molecule has 0 aliphatic rings. The van der Waals surface area contributed by atoms with Crippen LogP contribution in [0.5, 0.6) is 0 Å². The molecule has 0 unspecified atom stereocenters. The minimum absolute atomic E-state index is 0.164. The summed E-state index contributed by atoms with van der Waals surface area (Å²) in [5, 5.41) is 0. The summed E-state index contributed by atoms with van der Waals surface area (Å²) in [6.07, 6.45) is 1.25. The third-order valence-electron chi connectivity index (χ3n) is 3.38. The molecule has 0 aromatic heterocycles. The summed E-state index contributed by atoms with van der Waals surface area (Å²) >= 11 is 0. The lowest BCUT2D eigenvalue weighted by Crippen LogP contribution is -2.15. The Morgan fingerprint density at radius 2 is 1.35 bits per heavy atom. The molecule has 2 aromatic carbocycles. The van der Waals surface area contributed by atoms with Gasteiger partial charge in [-0.25, -0.2) is 0 Å². The summed E-state index contributed by atoms with van der Waals surface area (Å²) in [5.41, 5.74) is 2.93. The molecule has 0 atom stereocenters. The Hall–Kier alpha value is -2.62. The molecular formula is C19H20O4. The predicted octanol–water partition coefficient (Wildman–Crippen LogP) is 3.08. The van der Waals surface area contributed by atoms with Crippen LogP contribution in [-0.2, 0) is 38.3 Å². The quantitative estimate of drug-likeness (QED) is 0.582. The second-order valence-electron chi connectivity index (χ2n) is 5.16. The first-order valence-electron chi connectivity index (χ1n) is 7.60. The van der Waals surface area contributed by atoms with Crippen molar-refractivity contribution in [1.29, 1.82) is 0 Å². The summed E-state index contributed by atoms with van der Waals surface area (Å²) in [4.78, 5) is 23.4. The van der Waals surface area contributed by atoms with Crippen molar-refractivity contribution >= 4 is 11.9 Å². The van der Waals surface area contributed by atoms with E-state index in [0.717, 1.165) is 17.5 Å². The van der Waals surface area contributed by atoms with Gasteiger partial charge in [0.15, 0.2) is 0 Å². The van der Waals surface area contributed by atoms with E-state index in [-0.39, 0.29) is 19.6 Å². The van der Waals surface area contributed by atoms with Crippen LogP contribution >= 0.6 is 0 Å². The highest BCUT2D eigenvalue weighted by atomic mass is 16.7. The van der Waals surface area contributed by atoms with E-state index < -0.39 is 11.9 Å². The molecule has 0 aliphatic carbocycles. The second kappa shape index (κ2) is 8.73. The maximum absolute atomic E-state index is 11.7. The molecule has 0 spiro atoms. The van der Waals surface area contributed by atoms with E-state index in [1.54, 1.807) is 0 Å². The van der Waals surface area contributed by atoms with E-state index in [1.807, 2.05) is 54.6 Å². The molecule has 4 nitrogen and oxygen atoms in total. The lowest BCUT2D eigenvalue weighted by Gasteiger charge is -2.07. The average Bonchev–Trinajstić information content (AvgIpc) is 2.56. The number of esters is 2. The van der Waals surface area contributed by atoms with Gasteiger partial charge in [0.05, 0.1) is 12.8 Å². The van der Waals surface area contributed by atoms with Gasteiger partial charge in [0, 0.05) is 0 Å². The van der Waals surface area contributed by atoms with Gasteiger partial charge in [-0.2, -0.15) is 0 Å². The maximum Gasteiger partial charge on any atom is 0.313 e. The fraction of sp³-hybridized carbons (Fsp3) is 0.263. The van der Waals surface area contributed by atoms with Crippen molar-refractivity contribution in [2.45, 2.75) is 26.2 Å². The topological polar surface area (TPSA) is 52.6 Å². The average molecular weight is 312 g/mol. The number of carbonyl (C=O) groups is 2. The molecule has 0 saturated carbocycles. The van der Waals surface area contributed by atoms with Gasteiger partial charge in [0.25, 0.3) is 0 Å². The van der Waals surface area contributed by atoms with Crippen LogP contribution in [-0.4, -0.2) is 18.7 Å². The van der Waals surface area contributed by atoms with E-state index in [2.05, 4.69) is 6.92 Å². The molecule has 4 heteroatoms. The summed E-state index contributed by atoms with van der Waals surface area (Å²) in [6, 6.07) is 17.1. The molecule has 2 rings (SSSR count). The summed E-state index contributed by atoms with van der Waals surface area (Å²) in [5.74, 6) is -0.831. The number of ether oxygens (including phenoxy) is 2. The standard InChI is InChI=1S/C19H20O4/c1-2-15-9-6-10-17(11-15)13-19(21)23-14-22-18(20)12-16-7-4-3-5-8-16/h3-11H,2,12-14H2,1H3. The van der Waals surface area contributed by atoms with Crippen LogP contribution in [0.2, 0.25) is 0 Å². The lowest BCUT2D eigenvalue weighted by atomic mass is 10.1. The minimum Gasteiger partial charge on any atom is -0.428 e. The Balaban J connectivity index is 1.71. The summed E-state index contributed by atoms with van der Waals surface area (Å²) in [6.45, 7) is 1.71. The third-order valence-corrected chi connectivity index (χ3v) is 3.38. The molecule has 0 amide bonds. The molecular weight excluding hydrogens is 292 g/mol. The number of aryl methyl sites for hydroxylation is 1. The summed E-state index contributed by atoms with van der Waals surface area (Å²) in [7, 11) is 0. The zero-order valence-electron chi connectivity index (χ0n) is 13.2. The zero-order valence-corrected chi connectivity index (χ0v) is 13.2. The van der Waals surface area contributed by atoms with Crippen LogP contribution in [0.3, 0.4) is 0 Å². The fourth-order valence-electron chi connectivity index (χ4n) is 2.15. The van der Waals surface area contributed by atoms with Crippen LogP contribution in [0, 0.1) is 0 Å². The Labute approximate surface area is 136 Å². The molecule has 0 saturated heterocycles. The van der Waals surface area contributed by atoms with Crippen molar-refractivity contribution in [2.75, 3.05) is 6.79 Å². The van der Waals surface area contributed by atoms with E-state index in [1.165, 1.54) is 5.56 Å². The monoisotopic (exact) mass is 312 g/mol. The van der Waals surface area contributed by atoms with E-state index in [0.29, 0.717) is 0 Å². The van der Waals surface area contributed by atoms with Gasteiger partial charge in [-0.3, -0.25) is 9.59 Å². The number of carbonyl (C=O) groups excluding carboxylic acids is 2. The Morgan fingerprint density at radius 3 is 2.00 bits per heavy atom. The first kappa shape index (κ1) is 16.7. The van der Waals surface area contributed by atoms with E-state index in [4.69, 9.17) is 9.47 Å². The highest BCUT2D eigenvalue weighted by Crippen LogP contribution is 2.07. The molecule has 120 valence electrons. The highest BCUT2D eigenvalue weighted by Gasteiger charge is 2.08. The summed E-state index contributed by atoms with van der Waals surface area (Å²) < 4.78 is 9.86. The smallest absolute Gasteiger partial charge is 0.313 e. The fourth-order valence-corrected chi connectivity index (χ4v) is 2.15. The third kappa shape index (κ3) is 5.94. The number of hydrogen-bond acceptors (Lipinski definition) is 4. The molecule has 0 fully saturated rings. The molecule has 0 N–H and O–H groups in total. The van der Waals surface area contributed by atoms with Gasteiger partial charge in [-0.15, -0.1) is 0 Å². The number of benzene rings is 2. The van der Waals surface area contributed by atoms with Crippen LogP contribution < -0.4 is 0 Å². The SMILES string of the molecule is CCc1cccc(CC(=O)OCOC(=O)Cc2ccccc2)c1. The molecule has 0 heterocycles. The van der Waals surface area contributed by atoms with E-state index in [9.17, 15) is 9.59 Å². The van der Waals surface area contributed by atoms with E-state index >= 15 is 0 Å². The largest absolute Gasteiger partial charge is 0.428 e. The van der Waals surface area contributed by atoms with Crippen LogP contribution in [0.1, 0.15) is 23.6 Å². The molecule has 0 bridgehead atoms. The molecule has 0 aliphatic heterocycles. The Kier molecular flexibility index (Phi) is 6.36. The molecule has 2 aromatic rings. The van der Waals surface area contributed by atoms with Crippen molar-refractivity contribution in [1.82, 2.24) is 0 Å². The highest BCUT2D eigenvalue weighted by molar-refractivity contribution is 5.74. The maximum atomic E-state index is 11.7. The Morgan fingerprint density at radius 1 is 0.783 bits per heavy atom. The first-order chi connectivity index (χ1) is 11.2. The van der Waals surface area contributed by atoms with Gasteiger partial charge < -0.3 is 9.47 Å². The molecule has 23 heavy (non-hydrogen) atoms. The van der Waals surface area contributed by atoms with Gasteiger partial charge in [-0.05, 0) is 23.1 Å². The van der Waals surface area contributed by atoms with Crippen molar-refractivity contribution in [2.24, 2.45) is 0 Å². The van der Waals surface area contributed by atoms with Crippen LogP contribution in [0.4, 0.5) is 0 Å². The molecule has 0 radical (unpaired) electrons. The van der Waals surface area contributed by atoms with Crippen molar-refractivity contribution < 1.29 is 19.1 Å². The van der Waals surface area contributed by atoms with Crippen molar-refractivity contribution in [3.05, 3.63) is 71.3 Å². The lowest BCUT2D eigenvalue weighted by molar-refractivity contribution is -0.166. The van der Waals surface area contributed by atoms with Gasteiger partial charge in [0.2, 0.25) is 6.79 Å². The number of hydrogen-bond donors (Lipinski definition) is 0. The second-order valence-corrected chi connectivity index (χ2v) is 5.16. The van der Waals surface area contributed by atoms with Crippen LogP contribution in [0.15, 0.2) is 54.6 Å². The first-order valence-corrected chi connectivity index (χ1v) is 7.60. The Bertz CT molecular complexity index is 649. The normalized spacial score (nSPS) is 10.1. The van der Waals surface area contributed by atoms with Gasteiger partial charge in [0.1, 0.15) is 0 Å². The van der Waals surface area contributed by atoms with Gasteiger partial charge in [-0.1, -0.05) is 61.5 Å².